The van der Waals surface area contributed by atoms with Gasteiger partial charge in [0.05, 0.1) is 0 Å². The summed E-state index contributed by atoms with van der Waals surface area (Å²) >= 11 is 0. The maximum absolute atomic E-state index is 13.3. The number of hydrogen-bond donors (Lipinski definition) is 1. The Kier molecular flexibility index (Phi) is 2.08. The Morgan fingerprint density at radius 3 is 2.83 bits per heavy atom. The number of alkyl halides is 1. The summed E-state index contributed by atoms with van der Waals surface area (Å²) in [6.07, 6.45) is 2.66. The first-order valence-electron chi connectivity index (χ1n) is 3.38. The van der Waals surface area contributed by atoms with Crippen LogP contribution in [0.3, 0.4) is 0 Å². The third kappa shape index (κ3) is 1.42. The molecule has 0 aliphatic carbocycles. The highest BCUT2D eigenvalue weighted by Crippen LogP contribution is 2.24. The van der Waals surface area contributed by atoms with E-state index in [2.05, 4.69) is 4.98 Å². The molecule has 0 saturated heterocycles. The monoisotopic (exact) mass is 169 g/mol. The van der Waals surface area contributed by atoms with Crippen LogP contribution in [0.5, 0.6) is 0 Å². The van der Waals surface area contributed by atoms with Crippen LogP contribution in [-0.4, -0.2) is 16.1 Å². The number of hydrogen-bond acceptors (Lipinski definition) is 2. The number of nitrogens with zero attached hydrogens (tertiary/aromatic N) is 1. The van der Waals surface area contributed by atoms with E-state index in [0.29, 0.717) is 0 Å². The lowest BCUT2D eigenvalue weighted by molar-refractivity contribution is -0.150. The maximum atomic E-state index is 13.3. The van der Waals surface area contributed by atoms with Crippen molar-refractivity contribution in [3.63, 3.8) is 0 Å². The van der Waals surface area contributed by atoms with Gasteiger partial charge in [-0.25, -0.2) is 9.18 Å². The number of aromatic nitrogens is 1. The Labute approximate surface area is 68.9 Å². The van der Waals surface area contributed by atoms with E-state index >= 15 is 0 Å². The molecule has 0 aliphatic heterocycles. The molecule has 1 aromatic heterocycles. The second kappa shape index (κ2) is 2.89. The first-order chi connectivity index (χ1) is 5.55. The zero-order valence-electron chi connectivity index (χ0n) is 6.49. The van der Waals surface area contributed by atoms with Gasteiger partial charge in [-0.1, -0.05) is 6.07 Å². The van der Waals surface area contributed by atoms with Gasteiger partial charge in [0.25, 0.3) is 0 Å². The first kappa shape index (κ1) is 8.64. The average Bonchev–Trinajstić information content (AvgIpc) is 2.06. The molecular formula is C8H8FNO2. The fourth-order valence-corrected chi connectivity index (χ4v) is 0.764. The van der Waals surface area contributed by atoms with Gasteiger partial charge >= 0.3 is 5.97 Å². The molecule has 12 heavy (non-hydrogen) atoms. The molecule has 3 nitrogen and oxygen atoms in total. The summed E-state index contributed by atoms with van der Waals surface area (Å²) in [5.74, 6) is -1.50. The molecule has 1 N–H and O–H groups in total. The topological polar surface area (TPSA) is 50.2 Å². The van der Waals surface area contributed by atoms with Crippen LogP contribution in [0.25, 0.3) is 0 Å². The maximum Gasteiger partial charge on any atom is 0.345 e. The molecule has 1 unspecified atom stereocenters. The molecule has 0 radical (unpaired) electrons. The van der Waals surface area contributed by atoms with Gasteiger partial charge in [-0.3, -0.25) is 4.98 Å². The van der Waals surface area contributed by atoms with E-state index in [4.69, 9.17) is 5.11 Å². The summed E-state index contributed by atoms with van der Waals surface area (Å²) in [6, 6.07) is 2.89. The van der Waals surface area contributed by atoms with Crippen molar-refractivity contribution in [2.24, 2.45) is 0 Å². The molecule has 1 atom stereocenters. The second-order valence-electron chi connectivity index (χ2n) is 2.55. The number of aliphatic carboxylic acids is 1. The first-order valence-corrected chi connectivity index (χ1v) is 3.38. The van der Waals surface area contributed by atoms with Crippen LogP contribution < -0.4 is 0 Å². The van der Waals surface area contributed by atoms with E-state index < -0.39 is 11.6 Å². The van der Waals surface area contributed by atoms with Gasteiger partial charge in [-0.2, -0.15) is 0 Å². The Balaban J connectivity index is 3.06. The van der Waals surface area contributed by atoms with E-state index in [9.17, 15) is 9.18 Å². The molecule has 1 aromatic rings. The molecule has 0 saturated carbocycles. The standard InChI is InChI=1S/C8H8FNO2/c1-8(9,7(11)12)6-3-2-4-10-5-6/h2-5H,1H3,(H,11,12). The Hall–Kier alpha value is -1.45. The van der Waals surface area contributed by atoms with Crippen LogP contribution in [-0.2, 0) is 10.5 Å². The van der Waals surface area contributed by atoms with Gasteiger partial charge in [0.2, 0.25) is 5.67 Å². The SMILES string of the molecule is CC(F)(C(=O)O)c1cccnc1. The Morgan fingerprint density at radius 2 is 2.42 bits per heavy atom. The summed E-state index contributed by atoms with van der Waals surface area (Å²) in [4.78, 5) is 14.0. The number of carboxylic acid groups (broad SMARTS) is 1. The lowest BCUT2D eigenvalue weighted by atomic mass is 10.0. The van der Waals surface area contributed by atoms with Crippen LogP contribution in [0, 0.1) is 0 Å². The Morgan fingerprint density at radius 1 is 1.75 bits per heavy atom. The molecule has 0 fully saturated rings. The highest BCUT2D eigenvalue weighted by atomic mass is 19.1. The van der Waals surface area contributed by atoms with Gasteiger partial charge in [0, 0.05) is 18.0 Å². The van der Waals surface area contributed by atoms with Crippen molar-refractivity contribution in [2.75, 3.05) is 0 Å². The fraction of sp³-hybridized carbons (Fsp3) is 0.250. The number of carboxylic acids is 1. The number of carbonyl (C=O) groups is 1. The van der Waals surface area contributed by atoms with Crippen molar-refractivity contribution in [1.82, 2.24) is 4.98 Å². The molecule has 0 aliphatic rings. The van der Waals surface area contributed by atoms with Crippen molar-refractivity contribution in [3.8, 4) is 0 Å². The number of pyridine rings is 1. The third-order valence-electron chi connectivity index (χ3n) is 1.61. The van der Waals surface area contributed by atoms with Crippen LogP contribution in [0.4, 0.5) is 4.39 Å². The number of halogens is 1. The summed E-state index contributed by atoms with van der Waals surface area (Å²) in [5.41, 5.74) is -2.30. The van der Waals surface area contributed by atoms with E-state index in [0.717, 1.165) is 6.92 Å². The Bertz CT molecular complexity index is 284. The summed E-state index contributed by atoms with van der Waals surface area (Å²) in [6.45, 7) is 0.992. The van der Waals surface area contributed by atoms with Crippen molar-refractivity contribution >= 4 is 5.97 Å². The van der Waals surface area contributed by atoms with E-state index in [1.807, 2.05) is 0 Å². The third-order valence-corrected chi connectivity index (χ3v) is 1.61. The smallest absolute Gasteiger partial charge is 0.345 e. The zero-order valence-corrected chi connectivity index (χ0v) is 6.49. The molecule has 1 rings (SSSR count). The van der Waals surface area contributed by atoms with E-state index in [-0.39, 0.29) is 5.56 Å². The molecule has 1 heterocycles. The summed E-state index contributed by atoms with van der Waals surface area (Å²) in [5, 5.41) is 8.49. The van der Waals surface area contributed by atoms with Gasteiger partial charge in [0.15, 0.2) is 0 Å². The van der Waals surface area contributed by atoms with Crippen molar-refractivity contribution < 1.29 is 14.3 Å². The molecule has 0 spiro atoms. The molecule has 0 aromatic carbocycles. The zero-order chi connectivity index (χ0) is 9.19. The van der Waals surface area contributed by atoms with Gasteiger partial charge in [-0.15, -0.1) is 0 Å². The lowest BCUT2D eigenvalue weighted by Gasteiger charge is -2.13. The van der Waals surface area contributed by atoms with Crippen molar-refractivity contribution in [1.29, 1.82) is 0 Å². The molecule has 64 valence electrons. The summed E-state index contributed by atoms with van der Waals surface area (Å²) in [7, 11) is 0. The van der Waals surface area contributed by atoms with Crippen LogP contribution >= 0.6 is 0 Å². The van der Waals surface area contributed by atoms with Crippen LogP contribution in [0.2, 0.25) is 0 Å². The van der Waals surface area contributed by atoms with Crippen molar-refractivity contribution in [2.45, 2.75) is 12.6 Å². The molecule has 4 heteroatoms. The van der Waals surface area contributed by atoms with Crippen LogP contribution in [0.15, 0.2) is 24.5 Å². The average molecular weight is 169 g/mol. The van der Waals surface area contributed by atoms with Gasteiger partial charge in [-0.05, 0) is 13.0 Å². The molecule has 0 bridgehead atoms. The second-order valence-corrected chi connectivity index (χ2v) is 2.55. The van der Waals surface area contributed by atoms with E-state index in [1.165, 1.54) is 24.5 Å². The minimum Gasteiger partial charge on any atom is -0.479 e. The molecular weight excluding hydrogens is 161 g/mol. The van der Waals surface area contributed by atoms with Crippen molar-refractivity contribution in [3.05, 3.63) is 30.1 Å². The fourth-order valence-electron chi connectivity index (χ4n) is 0.764. The van der Waals surface area contributed by atoms with Gasteiger partial charge in [0.1, 0.15) is 0 Å². The minimum atomic E-state index is -2.35. The summed E-state index contributed by atoms with van der Waals surface area (Å²) < 4.78 is 13.3. The van der Waals surface area contributed by atoms with E-state index in [1.54, 1.807) is 0 Å². The van der Waals surface area contributed by atoms with Crippen LogP contribution in [0.1, 0.15) is 12.5 Å². The minimum absolute atomic E-state index is 0.0532. The highest BCUT2D eigenvalue weighted by Gasteiger charge is 2.34. The normalized spacial score (nSPS) is 15.2. The quantitative estimate of drug-likeness (QED) is 0.727. The number of rotatable bonds is 2. The lowest BCUT2D eigenvalue weighted by Crippen LogP contribution is -2.26. The largest absolute Gasteiger partial charge is 0.479 e. The predicted octanol–water partition coefficient (Wildman–Crippen LogP) is 1.35. The predicted molar refractivity (Wildman–Crippen MR) is 40.3 cm³/mol. The molecule has 0 amide bonds. The van der Waals surface area contributed by atoms with Gasteiger partial charge < -0.3 is 5.11 Å². The highest BCUT2D eigenvalue weighted by molar-refractivity contribution is 5.78.